The Hall–Kier alpha value is -4.02. The molecule has 2 aromatic carbocycles. The van der Waals surface area contributed by atoms with Gasteiger partial charge in [0.25, 0.3) is 12.3 Å². The van der Waals surface area contributed by atoms with E-state index >= 15 is 0 Å². The highest BCUT2D eigenvalue weighted by atomic mass is 19.3. The molecule has 2 aromatic heterocycles. The minimum atomic E-state index is -3.36. The standard InChI is InChI=1S/C25H26F3N5O3/c1-14(2)11-32-12-16(10-30-32)15-5-6-19-18(7-15)29-13-33(19)17-8-20(35-3)22(21(9-17)36-4)25(34)31-24(28)23(26)27/h5-10,12-14,23-24H,11H2,1-4H3,(H,31,34). The summed E-state index contributed by atoms with van der Waals surface area (Å²) < 4.78 is 52.9. The predicted molar refractivity (Wildman–Crippen MR) is 129 cm³/mol. The van der Waals surface area contributed by atoms with Crippen LogP contribution in [0.2, 0.25) is 0 Å². The summed E-state index contributed by atoms with van der Waals surface area (Å²) in [6.45, 7) is 5.08. The molecule has 0 saturated heterocycles. The third kappa shape index (κ3) is 5.00. The number of alkyl halides is 3. The van der Waals surface area contributed by atoms with Crippen molar-refractivity contribution in [1.29, 1.82) is 0 Å². The molecule has 4 rings (SSSR count). The van der Waals surface area contributed by atoms with Gasteiger partial charge in [-0.3, -0.25) is 14.0 Å². The number of nitrogens with one attached hydrogen (secondary N) is 1. The van der Waals surface area contributed by atoms with Gasteiger partial charge in [0.05, 0.1) is 37.1 Å². The molecule has 0 aliphatic rings. The number of carbonyl (C=O) groups excluding carboxylic acids is 1. The number of hydrogen-bond acceptors (Lipinski definition) is 5. The molecular formula is C25H26F3N5O3. The molecule has 0 radical (unpaired) electrons. The zero-order chi connectivity index (χ0) is 26.0. The van der Waals surface area contributed by atoms with E-state index in [2.05, 4.69) is 23.9 Å². The van der Waals surface area contributed by atoms with Crippen molar-refractivity contribution in [1.82, 2.24) is 24.6 Å². The molecule has 0 spiro atoms. The SMILES string of the molecule is COc1cc(-n2cnc3cc(-c4cnn(CC(C)C)c4)ccc32)cc(OC)c1C(=O)NC(F)C(F)F. The van der Waals surface area contributed by atoms with Crippen LogP contribution in [-0.4, -0.2) is 52.2 Å². The molecule has 1 N–H and O–H groups in total. The Morgan fingerprint density at radius 3 is 2.36 bits per heavy atom. The van der Waals surface area contributed by atoms with E-state index in [9.17, 15) is 18.0 Å². The summed E-state index contributed by atoms with van der Waals surface area (Å²) in [5, 5.41) is 6.04. The van der Waals surface area contributed by atoms with Gasteiger partial charge in [-0.25, -0.2) is 18.2 Å². The molecule has 11 heteroatoms. The monoisotopic (exact) mass is 501 g/mol. The number of rotatable bonds is 9. The molecule has 0 saturated carbocycles. The maximum absolute atomic E-state index is 13.4. The van der Waals surface area contributed by atoms with Crippen molar-refractivity contribution in [2.45, 2.75) is 33.1 Å². The fraction of sp³-hybridized carbons (Fsp3) is 0.320. The van der Waals surface area contributed by atoms with Gasteiger partial charge in [-0.2, -0.15) is 5.10 Å². The average molecular weight is 502 g/mol. The maximum atomic E-state index is 13.4. The lowest BCUT2D eigenvalue weighted by Gasteiger charge is -2.17. The highest BCUT2D eigenvalue weighted by Crippen LogP contribution is 2.34. The normalized spacial score (nSPS) is 12.4. The van der Waals surface area contributed by atoms with Crippen LogP contribution in [0.1, 0.15) is 24.2 Å². The van der Waals surface area contributed by atoms with Crippen LogP contribution in [0.15, 0.2) is 49.1 Å². The molecule has 190 valence electrons. The molecule has 4 aromatic rings. The van der Waals surface area contributed by atoms with E-state index < -0.39 is 18.6 Å². The first-order valence-corrected chi connectivity index (χ1v) is 11.2. The highest BCUT2D eigenvalue weighted by Gasteiger charge is 2.27. The first-order chi connectivity index (χ1) is 17.2. The van der Waals surface area contributed by atoms with Crippen LogP contribution in [0.4, 0.5) is 13.2 Å². The Morgan fingerprint density at radius 1 is 1.06 bits per heavy atom. The lowest BCUT2D eigenvalue weighted by molar-refractivity contribution is 0.0285. The number of hydrogen-bond donors (Lipinski definition) is 1. The summed E-state index contributed by atoms with van der Waals surface area (Å²) in [5.74, 6) is -0.551. The Morgan fingerprint density at radius 2 is 1.75 bits per heavy atom. The van der Waals surface area contributed by atoms with Gasteiger partial charge in [0.15, 0.2) is 0 Å². The number of nitrogens with zero attached hydrogens (tertiary/aromatic N) is 4. The first-order valence-electron chi connectivity index (χ1n) is 11.2. The van der Waals surface area contributed by atoms with Crippen LogP contribution < -0.4 is 14.8 Å². The number of benzene rings is 2. The minimum absolute atomic E-state index is 0.0272. The predicted octanol–water partition coefficient (Wildman–Crippen LogP) is 4.85. The number of amides is 1. The molecule has 1 unspecified atom stereocenters. The fourth-order valence-corrected chi connectivity index (χ4v) is 3.91. The highest BCUT2D eigenvalue weighted by molar-refractivity contribution is 6.00. The van der Waals surface area contributed by atoms with Gasteiger partial charge in [0, 0.05) is 30.4 Å². The van der Waals surface area contributed by atoms with E-state index in [1.165, 1.54) is 26.4 Å². The van der Waals surface area contributed by atoms with Gasteiger partial charge >= 0.3 is 0 Å². The molecule has 0 bridgehead atoms. The van der Waals surface area contributed by atoms with Crippen LogP contribution in [0.3, 0.4) is 0 Å². The van der Waals surface area contributed by atoms with Crippen molar-refractivity contribution < 1.29 is 27.4 Å². The number of halogens is 3. The summed E-state index contributed by atoms with van der Waals surface area (Å²) in [5.41, 5.74) is 3.78. The Labute approximate surface area is 205 Å². The second kappa shape index (κ2) is 10.3. The van der Waals surface area contributed by atoms with Crippen LogP contribution in [0.5, 0.6) is 11.5 Å². The maximum Gasteiger partial charge on any atom is 0.287 e. The van der Waals surface area contributed by atoms with E-state index in [4.69, 9.17) is 9.47 Å². The topological polar surface area (TPSA) is 83.2 Å². The quantitative estimate of drug-likeness (QED) is 0.332. The summed E-state index contributed by atoms with van der Waals surface area (Å²) in [7, 11) is 2.63. The van der Waals surface area contributed by atoms with Crippen molar-refractivity contribution in [3.8, 4) is 28.3 Å². The number of aromatic nitrogens is 4. The van der Waals surface area contributed by atoms with E-state index in [0.717, 1.165) is 28.7 Å². The molecule has 8 nitrogen and oxygen atoms in total. The third-order valence-electron chi connectivity index (χ3n) is 5.55. The Bertz CT molecular complexity index is 1360. The number of methoxy groups -OCH3 is 2. The molecule has 2 heterocycles. The van der Waals surface area contributed by atoms with Crippen LogP contribution >= 0.6 is 0 Å². The summed E-state index contributed by atoms with van der Waals surface area (Å²) in [6.07, 6.45) is -0.768. The number of imidazole rings is 1. The number of ether oxygens (including phenoxy) is 2. The zero-order valence-electron chi connectivity index (χ0n) is 20.2. The number of fused-ring (bicyclic) bond motifs is 1. The van der Waals surface area contributed by atoms with E-state index in [-0.39, 0.29) is 17.1 Å². The molecule has 1 atom stereocenters. The smallest absolute Gasteiger partial charge is 0.287 e. The van der Waals surface area contributed by atoms with Gasteiger partial charge in [-0.05, 0) is 23.6 Å². The van der Waals surface area contributed by atoms with Gasteiger partial charge in [-0.1, -0.05) is 19.9 Å². The largest absolute Gasteiger partial charge is 0.496 e. The Kier molecular flexibility index (Phi) is 7.18. The summed E-state index contributed by atoms with van der Waals surface area (Å²) >= 11 is 0. The van der Waals surface area contributed by atoms with Gasteiger partial charge < -0.3 is 14.8 Å². The Balaban J connectivity index is 1.70. The number of carbonyl (C=O) groups is 1. The molecular weight excluding hydrogens is 475 g/mol. The van der Waals surface area contributed by atoms with Crippen molar-refractivity contribution in [3.05, 3.63) is 54.6 Å². The second-order valence-corrected chi connectivity index (χ2v) is 8.60. The average Bonchev–Trinajstić information content (AvgIpc) is 3.49. The molecule has 36 heavy (non-hydrogen) atoms. The van der Waals surface area contributed by atoms with Crippen LogP contribution in [0, 0.1) is 5.92 Å². The van der Waals surface area contributed by atoms with Crippen molar-refractivity contribution >= 4 is 16.9 Å². The van der Waals surface area contributed by atoms with Gasteiger partial charge in [0.2, 0.25) is 6.30 Å². The van der Waals surface area contributed by atoms with Crippen molar-refractivity contribution in [2.75, 3.05) is 14.2 Å². The van der Waals surface area contributed by atoms with Crippen molar-refractivity contribution in [3.63, 3.8) is 0 Å². The minimum Gasteiger partial charge on any atom is -0.496 e. The van der Waals surface area contributed by atoms with E-state index in [1.54, 1.807) is 16.2 Å². The van der Waals surface area contributed by atoms with E-state index in [0.29, 0.717) is 11.6 Å². The second-order valence-electron chi connectivity index (χ2n) is 8.60. The summed E-state index contributed by atoms with van der Waals surface area (Å²) in [6, 6.07) is 8.87. The zero-order valence-corrected chi connectivity index (χ0v) is 20.2. The molecule has 0 fully saturated rings. The van der Waals surface area contributed by atoms with Gasteiger partial charge in [0.1, 0.15) is 23.4 Å². The van der Waals surface area contributed by atoms with Crippen molar-refractivity contribution in [2.24, 2.45) is 5.92 Å². The fourth-order valence-electron chi connectivity index (χ4n) is 3.91. The molecule has 1 amide bonds. The van der Waals surface area contributed by atoms with Crippen LogP contribution in [0.25, 0.3) is 27.8 Å². The molecule has 0 aliphatic heterocycles. The lowest BCUT2D eigenvalue weighted by atomic mass is 10.1. The van der Waals surface area contributed by atoms with Crippen LogP contribution in [-0.2, 0) is 6.54 Å². The van der Waals surface area contributed by atoms with Gasteiger partial charge in [-0.15, -0.1) is 0 Å². The summed E-state index contributed by atoms with van der Waals surface area (Å²) in [4.78, 5) is 17.0. The van der Waals surface area contributed by atoms with E-state index in [1.807, 2.05) is 35.3 Å². The first kappa shape index (κ1) is 25.1. The lowest BCUT2D eigenvalue weighted by Crippen LogP contribution is -2.36. The molecule has 0 aliphatic carbocycles. The third-order valence-corrected chi connectivity index (χ3v) is 5.55.